The molecule has 0 spiro atoms. The summed E-state index contributed by atoms with van der Waals surface area (Å²) in [6.45, 7) is 0.464. The molecule has 3 aromatic carbocycles. The average molecular weight is 597 g/mol. The lowest BCUT2D eigenvalue weighted by Crippen LogP contribution is -2.42. The molecule has 42 heavy (non-hydrogen) atoms. The van der Waals surface area contributed by atoms with E-state index in [4.69, 9.17) is 9.47 Å². The molecule has 3 heterocycles. The third-order valence-electron chi connectivity index (χ3n) is 9.52. The summed E-state index contributed by atoms with van der Waals surface area (Å²) >= 11 is 2.97. The molecular formula is C33H28N2O5S2. The Labute approximate surface area is 250 Å². The first-order valence-electron chi connectivity index (χ1n) is 14.2. The van der Waals surface area contributed by atoms with Crippen molar-refractivity contribution in [3.8, 4) is 11.5 Å². The Kier molecular flexibility index (Phi) is 6.08. The maximum absolute atomic E-state index is 14.0. The summed E-state index contributed by atoms with van der Waals surface area (Å²) in [7, 11) is 1.59. The molecule has 4 aliphatic rings. The molecule has 9 heteroatoms. The van der Waals surface area contributed by atoms with Gasteiger partial charge in [-0.3, -0.25) is 19.3 Å². The lowest BCUT2D eigenvalue weighted by Gasteiger charge is -2.43. The van der Waals surface area contributed by atoms with Gasteiger partial charge in [0.2, 0.25) is 11.8 Å². The van der Waals surface area contributed by atoms with Gasteiger partial charge in [-0.05, 0) is 71.7 Å². The first-order chi connectivity index (χ1) is 20.5. The predicted molar refractivity (Wildman–Crippen MR) is 161 cm³/mol. The van der Waals surface area contributed by atoms with Gasteiger partial charge in [0.25, 0.3) is 0 Å². The van der Waals surface area contributed by atoms with E-state index in [0.29, 0.717) is 18.0 Å². The fourth-order valence-electron chi connectivity index (χ4n) is 7.91. The van der Waals surface area contributed by atoms with Crippen molar-refractivity contribution in [2.45, 2.75) is 29.2 Å². The molecule has 2 amide bonds. The van der Waals surface area contributed by atoms with Crippen molar-refractivity contribution in [2.24, 2.45) is 29.6 Å². The molecule has 212 valence electrons. The summed E-state index contributed by atoms with van der Waals surface area (Å²) in [5, 5.41) is 1.04. The second-order valence-electron chi connectivity index (χ2n) is 11.5. The molecule has 4 aromatic rings. The number of anilines is 1. The van der Waals surface area contributed by atoms with Gasteiger partial charge in [0.05, 0.1) is 29.7 Å². The number of carbonyl (C=O) groups excluding carboxylic acids is 2. The number of carbonyl (C=O) groups is 2. The van der Waals surface area contributed by atoms with Crippen LogP contribution in [-0.2, 0) is 16.2 Å². The first kappa shape index (κ1) is 25.9. The van der Waals surface area contributed by atoms with Gasteiger partial charge in [0.1, 0.15) is 18.1 Å². The quantitative estimate of drug-likeness (QED) is 0.287. The number of hydrogen-bond acceptors (Lipinski definition) is 7. The van der Waals surface area contributed by atoms with Gasteiger partial charge in [0.15, 0.2) is 0 Å². The van der Waals surface area contributed by atoms with Crippen molar-refractivity contribution in [2.75, 3.05) is 12.0 Å². The Morgan fingerprint density at radius 1 is 0.881 bits per heavy atom. The molecule has 1 saturated heterocycles. The lowest BCUT2D eigenvalue weighted by atomic mass is 9.68. The number of hydrogen-bond donors (Lipinski definition) is 1. The van der Waals surface area contributed by atoms with Crippen LogP contribution in [0.2, 0.25) is 0 Å². The molecule has 0 radical (unpaired) electrons. The van der Waals surface area contributed by atoms with Crippen molar-refractivity contribution >= 4 is 40.6 Å². The van der Waals surface area contributed by atoms with Crippen LogP contribution in [0.5, 0.6) is 11.5 Å². The minimum atomic E-state index is -0.344. The highest BCUT2D eigenvalue weighted by Gasteiger charge is 2.69. The van der Waals surface area contributed by atoms with Crippen molar-refractivity contribution in [1.82, 2.24) is 4.98 Å². The molecule has 2 bridgehead atoms. The van der Waals surface area contributed by atoms with Crippen molar-refractivity contribution in [3.05, 3.63) is 105 Å². The minimum absolute atomic E-state index is 0.0515. The predicted octanol–water partition coefficient (Wildman–Crippen LogP) is 5.70. The van der Waals surface area contributed by atoms with E-state index in [1.165, 1.54) is 16.2 Å². The fraction of sp³-hybridized carbons (Fsp3) is 0.303. The Hall–Kier alpha value is -3.82. The number of H-pyrrole nitrogens is 1. The van der Waals surface area contributed by atoms with Crippen molar-refractivity contribution in [3.63, 3.8) is 0 Å². The topological polar surface area (TPSA) is 88.7 Å². The van der Waals surface area contributed by atoms with Crippen LogP contribution in [0.4, 0.5) is 5.69 Å². The lowest BCUT2D eigenvalue weighted by molar-refractivity contribution is -0.123. The van der Waals surface area contributed by atoms with E-state index in [1.807, 2.05) is 42.5 Å². The number of aromatic amines is 1. The van der Waals surface area contributed by atoms with Crippen LogP contribution in [0.25, 0.3) is 0 Å². The summed E-state index contributed by atoms with van der Waals surface area (Å²) in [6.07, 6.45) is 0.853. The Balaban J connectivity index is 1.15. The summed E-state index contributed by atoms with van der Waals surface area (Å²) in [6, 6.07) is 25.4. The second-order valence-corrected chi connectivity index (χ2v) is 13.7. The number of rotatable bonds is 6. The van der Waals surface area contributed by atoms with E-state index >= 15 is 0 Å². The fourth-order valence-corrected chi connectivity index (χ4v) is 10.8. The summed E-state index contributed by atoms with van der Waals surface area (Å²) in [5.41, 5.74) is 2.77. The molecule has 1 aromatic heterocycles. The number of thioether (sulfide) groups is 1. The number of methoxy groups -OCH3 is 1. The number of imide groups is 1. The van der Waals surface area contributed by atoms with Crippen LogP contribution < -0.4 is 19.2 Å². The van der Waals surface area contributed by atoms with Crippen molar-refractivity contribution < 1.29 is 19.1 Å². The third kappa shape index (κ3) is 3.90. The molecule has 8 rings (SSSR count). The number of aromatic nitrogens is 1. The van der Waals surface area contributed by atoms with Crippen LogP contribution in [0, 0.1) is 29.6 Å². The molecule has 2 saturated carbocycles. The molecule has 2 aliphatic heterocycles. The van der Waals surface area contributed by atoms with Gasteiger partial charge in [0, 0.05) is 16.0 Å². The summed E-state index contributed by atoms with van der Waals surface area (Å²) in [4.78, 5) is 45.9. The average Bonchev–Trinajstić information content (AvgIpc) is 3.75. The number of nitrogens with one attached hydrogen (secondary N) is 1. The van der Waals surface area contributed by atoms with Gasteiger partial charge < -0.3 is 14.5 Å². The van der Waals surface area contributed by atoms with E-state index in [0.717, 1.165) is 33.2 Å². The van der Waals surface area contributed by atoms with E-state index in [9.17, 15) is 14.4 Å². The van der Waals surface area contributed by atoms with Gasteiger partial charge in [-0.2, -0.15) is 0 Å². The van der Waals surface area contributed by atoms with Crippen LogP contribution in [0.1, 0.15) is 28.3 Å². The maximum atomic E-state index is 14.0. The smallest absolute Gasteiger partial charge is 0.305 e. The molecule has 3 fully saturated rings. The highest BCUT2D eigenvalue weighted by atomic mass is 32.2. The van der Waals surface area contributed by atoms with Gasteiger partial charge in [-0.1, -0.05) is 53.8 Å². The molecule has 2 aliphatic carbocycles. The van der Waals surface area contributed by atoms with Gasteiger partial charge >= 0.3 is 4.87 Å². The van der Waals surface area contributed by atoms with E-state index in [2.05, 4.69) is 17.1 Å². The van der Waals surface area contributed by atoms with Crippen LogP contribution >= 0.6 is 23.1 Å². The van der Waals surface area contributed by atoms with E-state index in [-0.39, 0.29) is 57.4 Å². The number of benzene rings is 3. The summed E-state index contributed by atoms with van der Waals surface area (Å²) < 4.78 is 11.5. The normalized spacial score (nSPS) is 28.9. The van der Waals surface area contributed by atoms with Crippen LogP contribution in [0.15, 0.2) is 88.7 Å². The maximum Gasteiger partial charge on any atom is 0.305 e. The largest absolute Gasteiger partial charge is 0.497 e. The molecule has 1 N–H and O–H groups in total. The highest BCUT2D eigenvalue weighted by molar-refractivity contribution is 8.00. The Morgan fingerprint density at radius 2 is 1.64 bits per heavy atom. The molecule has 6 unspecified atom stereocenters. The summed E-state index contributed by atoms with van der Waals surface area (Å²) in [5.74, 6) is 0.800. The zero-order valence-electron chi connectivity index (χ0n) is 22.8. The number of ether oxygens (including phenoxy) is 2. The Morgan fingerprint density at radius 3 is 2.40 bits per heavy atom. The molecule has 7 atom stereocenters. The zero-order chi connectivity index (χ0) is 28.5. The number of nitrogens with zero attached hydrogens (tertiary/aromatic N) is 1. The standard InChI is InChI=1S/C33H28N2O5S2/c1-39-20-12-10-19(11-13-20)35-31(36)26-22-15-23(27(26)32(35)37)28-25(22)24(29-30(41-28)34-33(38)42-29)18-8-5-9-21(14-18)40-16-17-6-3-2-4-7-17/h2-14,22-28H,15-16H2,1H3,(H,34,38)/t22?,23?,24-,25?,26?,27?,28?/m1/s1. The van der Waals surface area contributed by atoms with Gasteiger partial charge in [-0.15, -0.1) is 11.8 Å². The minimum Gasteiger partial charge on any atom is -0.497 e. The van der Waals surface area contributed by atoms with Crippen molar-refractivity contribution in [1.29, 1.82) is 0 Å². The number of amides is 2. The van der Waals surface area contributed by atoms with E-state index < -0.39 is 0 Å². The second kappa shape index (κ2) is 9.88. The molecule has 7 nitrogen and oxygen atoms in total. The highest BCUT2D eigenvalue weighted by Crippen LogP contribution is 2.68. The third-order valence-corrected chi connectivity index (χ3v) is 12.1. The SMILES string of the molecule is COc1ccc(N2C(=O)C3C4CC(C3C2=O)C2C4Sc3[nH]c(=O)sc3[C@@H]2c2cccc(OCc3ccccc3)c2)cc1. The number of fused-ring (bicyclic) bond motifs is 9. The molecular weight excluding hydrogens is 569 g/mol. The van der Waals surface area contributed by atoms with E-state index in [1.54, 1.807) is 43.1 Å². The van der Waals surface area contributed by atoms with Crippen LogP contribution in [-0.4, -0.2) is 29.2 Å². The monoisotopic (exact) mass is 596 g/mol. The Bertz CT molecular complexity index is 1750. The zero-order valence-corrected chi connectivity index (χ0v) is 24.4. The van der Waals surface area contributed by atoms with Crippen LogP contribution in [0.3, 0.4) is 0 Å². The van der Waals surface area contributed by atoms with Gasteiger partial charge in [-0.25, -0.2) is 0 Å². The first-order valence-corrected chi connectivity index (χ1v) is 15.9. The number of thiazole rings is 1.